The van der Waals surface area contributed by atoms with Gasteiger partial charge in [0.15, 0.2) is 0 Å². The zero-order valence-corrected chi connectivity index (χ0v) is 10.1. The van der Waals surface area contributed by atoms with Crippen molar-refractivity contribution >= 4 is 10.8 Å². The van der Waals surface area contributed by atoms with Gasteiger partial charge in [0.05, 0.1) is 5.69 Å². The highest BCUT2D eigenvalue weighted by molar-refractivity contribution is 5.93. The molecule has 2 heterocycles. The van der Waals surface area contributed by atoms with Crippen LogP contribution in [0.1, 0.15) is 5.69 Å². The fraction of sp³-hybridized carbons (Fsp3) is 0.0714. The lowest BCUT2D eigenvalue weighted by molar-refractivity contribution is 0.589. The van der Waals surface area contributed by atoms with Gasteiger partial charge in [0.2, 0.25) is 5.82 Å². The number of aromatic amines is 1. The van der Waals surface area contributed by atoms with Crippen LogP contribution in [-0.4, -0.2) is 15.0 Å². The van der Waals surface area contributed by atoms with Crippen LogP contribution in [0.4, 0.5) is 4.39 Å². The van der Waals surface area contributed by atoms with Crippen LogP contribution in [-0.2, 0) is 0 Å². The number of fused-ring (bicyclic) bond motifs is 1. The van der Waals surface area contributed by atoms with E-state index in [0.29, 0.717) is 11.4 Å². The molecule has 94 valence electrons. The van der Waals surface area contributed by atoms with Gasteiger partial charge in [0.1, 0.15) is 5.82 Å². The second-order valence-corrected chi connectivity index (χ2v) is 4.22. The molecule has 0 fully saturated rings. The molecule has 0 bridgehead atoms. The van der Waals surface area contributed by atoms with Crippen LogP contribution in [0.3, 0.4) is 0 Å². The molecule has 0 aliphatic rings. The summed E-state index contributed by atoms with van der Waals surface area (Å²) < 4.78 is 13.3. The molecule has 1 aromatic carbocycles. The van der Waals surface area contributed by atoms with Gasteiger partial charge < -0.3 is 4.98 Å². The first-order chi connectivity index (χ1) is 9.16. The number of nitrogens with one attached hydrogen (secondary N) is 1. The Morgan fingerprint density at radius 2 is 2.00 bits per heavy atom. The average Bonchev–Trinajstić information content (AvgIpc) is 2.43. The van der Waals surface area contributed by atoms with E-state index in [4.69, 9.17) is 0 Å². The molecule has 5 heteroatoms. The second kappa shape index (κ2) is 4.28. The molecular weight excluding hydrogens is 245 g/mol. The summed E-state index contributed by atoms with van der Waals surface area (Å²) in [5.41, 5.74) is -0.0135. The summed E-state index contributed by atoms with van der Waals surface area (Å²) in [5.74, 6) is -0.523. The lowest BCUT2D eigenvalue weighted by Crippen LogP contribution is -2.15. The van der Waals surface area contributed by atoms with E-state index >= 15 is 0 Å². The van der Waals surface area contributed by atoms with E-state index in [1.165, 1.54) is 6.92 Å². The van der Waals surface area contributed by atoms with E-state index in [-0.39, 0.29) is 5.69 Å². The molecule has 0 saturated carbocycles. The fourth-order valence-electron chi connectivity index (χ4n) is 2.00. The van der Waals surface area contributed by atoms with Gasteiger partial charge in [-0.05, 0) is 12.3 Å². The Balaban J connectivity index is 2.34. The maximum absolute atomic E-state index is 13.3. The number of aryl methyl sites for hydroxylation is 1. The van der Waals surface area contributed by atoms with Crippen molar-refractivity contribution in [2.75, 3.05) is 0 Å². The van der Waals surface area contributed by atoms with Crippen LogP contribution in [0.2, 0.25) is 0 Å². The number of benzene rings is 1. The van der Waals surface area contributed by atoms with Crippen molar-refractivity contribution in [3.63, 3.8) is 0 Å². The first-order valence-corrected chi connectivity index (χ1v) is 5.76. The molecule has 0 aliphatic carbocycles. The molecule has 3 rings (SSSR count). The van der Waals surface area contributed by atoms with Gasteiger partial charge in [-0.15, -0.1) is 0 Å². The summed E-state index contributed by atoms with van der Waals surface area (Å²) in [5, 5.41) is 1.84. The normalized spacial score (nSPS) is 10.8. The Hall–Kier alpha value is -2.56. The van der Waals surface area contributed by atoms with E-state index in [9.17, 15) is 9.18 Å². The quantitative estimate of drug-likeness (QED) is 0.726. The van der Waals surface area contributed by atoms with E-state index < -0.39 is 11.4 Å². The first-order valence-electron chi connectivity index (χ1n) is 5.76. The standard InChI is InChI=1S/C14H10FN3O/c1-8-12(15)14(19)18-13(17-8)11-7-16-6-9-4-2-3-5-10(9)11/h2-7H,1H3,(H,17,18,19). The Kier molecular flexibility index (Phi) is 2.59. The minimum absolute atomic E-state index is 0.0756. The minimum atomic E-state index is -0.850. The van der Waals surface area contributed by atoms with Gasteiger partial charge in [-0.1, -0.05) is 24.3 Å². The van der Waals surface area contributed by atoms with Crippen molar-refractivity contribution in [3.8, 4) is 11.4 Å². The third kappa shape index (κ3) is 1.89. The Bertz CT molecular complexity index is 821. The third-order valence-corrected chi connectivity index (χ3v) is 2.95. The van der Waals surface area contributed by atoms with Gasteiger partial charge in [-0.3, -0.25) is 9.78 Å². The van der Waals surface area contributed by atoms with Crippen molar-refractivity contribution < 1.29 is 4.39 Å². The highest BCUT2D eigenvalue weighted by atomic mass is 19.1. The molecule has 19 heavy (non-hydrogen) atoms. The molecule has 0 radical (unpaired) electrons. The Morgan fingerprint density at radius 3 is 2.79 bits per heavy atom. The Labute approximate surface area is 108 Å². The van der Waals surface area contributed by atoms with Crippen LogP contribution in [0.25, 0.3) is 22.2 Å². The largest absolute Gasteiger partial charge is 0.304 e. The summed E-state index contributed by atoms with van der Waals surface area (Å²) in [6.07, 6.45) is 3.34. The molecule has 1 N–H and O–H groups in total. The van der Waals surface area contributed by atoms with Crippen molar-refractivity contribution in [2.45, 2.75) is 6.92 Å². The summed E-state index contributed by atoms with van der Waals surface area (Å²) in [6.45, 7) is 1.46. The minimum Gasteiger partial charge on any atom is -0.304 e. The molecule has 0 amide bonds. The third-order valence-electron chi connectivity index (χ3n) is 2.95. The van der Waals surface area contributed by atoms with Crippen LogP contribution in [0.5, 0.6) is 0 Å². The van der Waals surface area contributed by atoms with Gasteiger partial charge in [-0.25, -0.2) is 4.98 Å². The van der Waals surface area contributed by atoms with Crippen LogP contribution >= 0.6 is 0 Å². The first kappa shape index (κ1) is 11.5. The van der Waals surface area contributed by atoms with Gasteiger partial charge in [0.25, 0.3) is 5.56 Å². The molecule has 3 aromatic rings. The van der Waals surface area contributed by atoms with Crippen molar-refractivity contribution in [3.05, 3.63) is 58.5 Å². The van der Waals surface area contributed by atoms with Crippen molar-refractivity contribution in [1.82, 2.24) is 15.0 Å². The van der Waals surface area contributed by atoms with Crippen molar-refractivity contribution in [1.29, 1.82) is 0 Å². The molecule has 0 saturated heterocycles. The number of nitrogens with zero attached hydrogens (tertiary/aromatic N) is 2. The van der Waals surface area contributed by atoms with E-state index in [2.05, 4.69) is 15.0 Å². The predicted octanol–water partition coefficient (Wildman–Crippen LogP) is 2.43. The summed E-state index contributed by atoms with van der Waals surface area (Å²) in [4.78, 5) is 22.1. The number of aromatic nitrogens is 3. The van der Waals surface area contributed by atoms with Crippen LogP contribution < -0.4 is 5.56 Å². The maximum Gasteiger partial charge on any atom is 0.287 e. The summed E-state index contributed by atoms with van der Waals surface area (Å²) >= 11 is 0. The zero-order chi connectivity index (χ0) is 13.4. The molecule has 0 atom stereocenters. The SMILES string of the molecule is Cc1nc(-c2cncc3ccccc23)[nH]c(=O)c1F. The fourth-order valence-corrected chi connectivity index (χ4v) is 2.00. The number of hydrogen-bond donors (Lipinski definition) is 1. The highest BCUT2D eigenvalue weighted by Gasteiger charge is 2.11. The highest BCUT2D eigenvalue weighted by Crippen LogP contribution is 2.24. The van der Waals surface area contributed by atoms with E-state index in [0.717, 1.165) is 10.8 Å². The lowest BCUT2D eigenvalue weighted by Gasteiger charge is -2.06. The molecule has 2 aromatic heterocycles. The van der Waals surface area contributed by atoms with Gasteiger partial charge in [0, 0.05) is 23.3 Å². The zero-order valence-electron chi connectivity index (χ0n) is 10.1. The van der Waals surface area contributed by atoms with Crippen molar-refractivity contribution in [2.24, 2.45) is 0 Å². The number of H-pyrrole nitrogens is 1. The Morgan fingerprint density at radius 1 is 1.21 bits per heavy atom. The molecule has 0 aliphatic heterocycles. The number of rotatable bonds is 1. The second-order valence-electron chi connectivity index (χ2n) is 4.22. The van der Waals surface area contributed by atoms with Gasteiger partial charge in [-0.2, -0.15) is 4.39 Å². The van der Waals surface area contributed by atoms with Crippen LogP contribution in [0, 0.1) is 12.7 Å². The molecule has 0 unspecified atom stereocenters. The summed E-state index contributed by atoms with van der Waals surface area (Å²) in [7, 11) is 0. The van der Waals surface area contributed by atoms with E-state index in [1.807, 2.05) is 24.3 Å². The van der Waals surface area contributed by atoms with E-state index in [1.54, 1.807) is 12.4 Å². The topological polar surface area (TPSA) is 58.6 Å². The lowest BCUT2D eigenvalue weighted by atomic mass is 10.1. The predicted molar refractivity (Wildman–Crippen MR) is 70.3 cm³/mol. The molecule has 0 spiro atoms. The van der Waals surface area contributed by atoms with Crippen LogP contribution in [0.15, 0.2) is 41.5 Å². The number of halogens is 1. The molecular formula is C14H10FN3O. The summed E-state index contributed by atoms with van der Waals surface area (Å²) in [6, 6.07) is 7.62. The maximum atomic E-state index is 13.3. The monoisotopic (exact) mass is 255 g/mol. The van der Waals surface area contributed by atoms with Gasteiger partial charge >= 0.3 is 0 Å². The number of pyridine rings is 1. The smallest absolute Gasteiger partial charge is 0.287 e. The molecule has 4 nitrogen and oxygen atoms in total. The number of hydrogen-bond acceptors (Lipinski definition) is 3. The average molecular weight is 255 g/mol.